The topological polar surface area (TPSA) is 56.2 Å². The maximum Gasteiger partial charge on any atom is 0.323 e. The number of aryl methyl sites for hydroxylation is 1. The van der Waals surface area contributed by atoms with Gasteiger partial charge in [0.15, 0.2) is 0 Å². The summed E-state index contributed by atoms with van der Waals surface area (Å²) in [6.45, 7) is 3.81. The van der Waals surface area contributed by atoms with Crippen molar-refractivity contribution in [2.75, 3.05) is 6.54 Å². The predicted octanol–water partition coefficient (Wildman–Crippen LogP) is 1.05. The summed E-state index contributed by atoms with van der Waals surface area (Å²) in [5.41, 5.74) is 0. The van der Waals surface area contributed by atoms with Crippen LogP contribution >= 0.6 is 0 Å². The lowest BCUT2D eigenvalue weighted by Gasteiger charge is -2.24. The maximum absolute atomic E-state index is 11.5. The fraction of sp³-hybridized carbons (Fsp3) is 0.692. The first-order valence-corrected chi connectivity index (χ1v) is 6.69. The first-order chi connectivity index (χ1) is 8.74. The number of rotatable bonds is 3. The van der Waals surface area contributed by atoms with E-state index in [1.807, 2.05) is 19.3 Å². The minimum absolute atomic E-state index is 0.0448. The predicted molar refractivity (Wildman–Crippen MR) is 66.2 cm³/mol. The molecule has 18 heavy (non-hydrogen) atoms. The monoisotopic (exact) mass is 249 g/mol. The fourth-order valence-electron chi connectivity index (χ4n) is 2.91. The Morgan fingerprint density at radius 3 is 3.28 bits per heavy atom. The molecule has 0 spiro atoms. The van der Waals surface area contributed by atoms with Crippen LogP contribution in [0.2, 0.25) is 0 Å². The molecule has 0 aromatic carbocycles. The van der Waals surface area contributed by atoms with Gasteiger partial charge in [-0.2, -0.15) is 0 Å². The third kappa shape index (κ3) is 2.14. The van der Waals surface area contributed by atoms with Crippen LogP contribution in [-0.2, 0) is 16.1 Å². The maximum atomic E-state index is 11.5. The Morgan fingerprint density at radius 2 is 2.50 bits per heavy atom. The van der Waals surface area contributed by atoms with Crippen molar-refractivity contribution in [3.63, 3.8) is 0 Å². The zero-order chi connectivity index (χ0) is 12.5. The lowest BCUT2D eigenvalue weighted by atomic mass is 9.98. The summed E-state index contributed by atoms with van der Waals surface area (Å²) in [6.07, 6.45) is 7.04. The minimum atomic E-state index is -0.134. The molecule has 5 nitrogen and oxygen atoms in total. The van der Waals surface area contributed by atoms with Gasteiger partial charge in [-0.25, -0.2) is 4.98 Å². The molecule has 0 unspecified atom stereocenters. The summed E-state index contributed by atoms with van der Waals surface area (Å²) in [5, 5.41) is 3.33. The average Bonchev–Trinajstić information content (AvgIpc) is 2.93. The molecule has 1 aromatic heterocycles. The molecule has 1 aromatic rings. The van der Waals surface area contributed by atoms with Crippen LogP contribution < -0.4 is 5.32 Å². The Balaban J connectivity index is 1.60. The molecule has 5 heteroatoms. The molecule has 1 saturated heterocycles. The van der Waals surface area contributed by atoms with E-state index in [0.717, 1.165) is 31.8 Å². The number of hydrogen-bond donors (Lipinski definition) is 1. The van der Waals surface area contributed by atoms with Gasteiger partial charge in [0.05, 0.1) is 0 Å². The molecule has 0 amide bonds. The van der Waals surface area contributed by atoms with Crippen LogP contribution in [0.4, 0.5) is 0 Å². The number of esters is 1. The SMILES string of the molecule is C[C@@H]1C[C@@H](NC[C@H]2CCCn3ccnc32)C(=O)O1. The quantitative estimate of drug-likeness (QED) is 0.814. The Hall–Kier alpha value is -1.36. The molecule has 3 rings (SSSR count). The Bertz CT molecular complexity index is 443. The van der Waals surface area contributed by atoms with E-state index in [4.69, 9.17) is 4.74 Å². The van der Waals surface area contributed by atoms with Gasteiger partial charge in [-0.05, 0) is 19.8 Å². The zero-order valence-electron chi connectivity index (χ0n) is 10.6. The molecule has 0 saturated carbocycles. The van der Waals surface area contributed by atoms with E-state index in [0.29, 0.717) is 5.92 Å². The summed E-state index contributed by atoms with van der Waals surface area (Å²) in [5.74, 6) is 1.45. The molecule has 98 valence electrons. The highest BCUT2D eigenvalue weighted by molar-refractivity contribution is 5.77. The van der Waals surface area contributed by atoms with Gasteiger partial charge >= 0.3 is 5.97 Å². The zero-order valence-corrected chi connectivity index (χ0v) is 10.6. The van der Waals surface area contributed by atoms with E-state index in [9.17, 15) is 4.79 Å². The largest absolute Gasteiger partial charge is 0.461 e. The number of carbonyl (C=O) groups excluding carboxylic acids is 1. The highest BCUT2D eigenvalue weighted by Gasteiger charge is 2.32. The van der Waals surface area contributed by atoms with Crippen molar-refractivity contribution in [3.05, 3.63) is 18.2 Å². The third-order valence-electron chi connectivity index (χ3n) is 3.84. The normalized spacial score (nSPS) is 31.2. The van der Waals surface area contributed by atoms with E-state index in [-0.39, 0.29) is 18.1 Å². The van der Waals surface area contributed by atoms with Crippen LogP contribution in [0.5, 0.6) is 0 Å². The molecule has 1 fully saturated rings. The number of ether oxygens (including phenoxy) is 1. The second kappa shape index (κ2) is 4.72. The van der Waals surface area contributed by atoms with E-state index in [1.54, 1.807) is 0 Å². The van der Waals surface area contributed by atoms with Crippen molar-refractivity contribution in [2.24, 2.45) is 0 Å². The van der Waals surface area contributed by atoms with Crippen LogP contribution in [-0.4, -0.2) is 34.2 Å². The highest BCUT2D eigenvalue weighted by atomic mass is 16.6. The number of nitrogens with zero attached hydrogens (tertiary/aromatic N) is 2. The number of carbonyl (C=O) groups is 1. The third-order valence-corrected chi connectivity index (χ3v) is 3.84. The van der Waals surface area contributed by atoms with E-state index in [1.165, 1.54) is 6.42 Å². The number of imidazole rings is 1. The Labute approximate surface area is 107 Å². The lowest BCUT2D eigenvalue weighted by Crippen LogP contribution is -2.37. The number of hydrogen-bond acceptors (Lipinski definition) is 4. The molecule has 3 heterocycles. The smallest absolute Gasteiger partial charge is 0.323 e. The first kappa shape index (κ1) is 11.7. The molecular weight excluding hydrogens is 230 g/mol. The van der Waals surface area contributed by atoms with Crippen molar-refractivity contribution >= 4 is 5.97 Å². The second-order valence-electron chi connectivity index (χ2n) is 5.26. The number of aromatic nitrogens is 2. The van der Waals surface area contributed by atoms with Gasteiger partial charge in [-0.1, -0.05) is 0 Å². The van der Waals surface area contributed by atoms with Crippen LogP contribution in [0.1, 0.15) is 37.9 Å². The fourth-order valence-corrected chi connectivity index (χ4v) is 2.91. The van der Waals surface area contributed by atoms with Crippen LogP contribution in [0.25, 0.3) is 0 Å². The van der Waals surface area contributed by atoms with Crippen LogP contribution in [0.3, 0.4) is 0 Å². The summed E-state index contributed by atoms with van der Waals surface area (Å²) in [7, 11) is 0. The summed E-state index contributed by atoms with van der Waals surface area (Å²) < 4.78 is 7.36. The van der Waals surface area contributed by atoms with Crippen molar-refractivity contribution in [1.82, 2.24) is 14.9 Å². The van der Waals surface area contributed by atoms with Gasteiger partial charge < -0.3 is 14.6 Å². The van der Waals surface area contributed by atoms with Crippen molar-refractivity contribution in [2.45, 2.75) is 50.8 Å². The van der Waals surface area contributed by atoms with Crippen molar-refractivity contribution < 1.29 is 9.53 Å². The number of nitrogens with one attached hydrogen (secondary N) is 1. The molecule has 2 aliphatic heterocycles. The van der Waals surface area contributed by atoms with Gasteiger partial charge in [0.25, 0.3) is 0 Å². The molecule has 1 N–H and O–H groups in total. The van der Waals surface area contributed by atoms with Gasteiger partial charge in [-0.15, -0.1) is 0 Å². The summed E-state index contributed by atoms with van der Waals surface area (Å²) in [4.78, 5) is 16.0. The first-order valence-electron chi connectivity index (χ1n) is 6.69. The summed E-state index contributed by atoms with van der Waals surface area (Å²) >= 11 is 0. The lowest BCUT2D eigenvalue weighted by molar-refractivity contribution is -0.142. The minimum Gasteiger partial charge on any atom is -0.461 e. The highest BCUT2D eigenvalue weighted by Crippen LogP contribution is 2.25. The molecule has 2 aliphatic rings. The van der Waals surface area contributed by atoms with Gasteiger partial charge in [0.1, 0.15) is 18.0 Å². The van der Waals surface area contributed by atoms with Crippen LogP contribution in [0.15, 0.2) is 12.4 Å². The standard InChI is InChI=1S/C13H19N3O2/c1-9-7-11(13(17)18-9)15-8-10-3-2-5-16-6-4-14-12(10)16/h4,6,9-11,15H,2-3,5,7-8H2,1H3/t9-,10-,11-/m1/s1. The number of fused-ring (bicyclic) bond motifs is 1. The van der Waals surface area contributed by atoms with E-state index < -0.39 is 0 Å². The molecule has 0 bridgehead atoms. The summed E-state index contributed by atoms with van der Waals surface area (Å²) in [6, 6.07) is -0.134. The van der Waals surface area contributed by atoms with Gasteiger partial charge in [0.2, 0.25) is 0 Å². The molecular formula is C13H19N3O2. The Morgan fingerprint density at radius 1 is 1.61 bits per heavy atom. The Kier molecular flexibility index (Phi) is 3.07. The second-order valence-corrected chi connectivity index (χ2v) is 5.26. The molecule has 3 atom stereocenters. The van der Waals surface area contributed by atoms with Gasteiger partial charge in [0, 0.05) is 37.8 Å². The van der Waals surface area contributed by atoms with Crippen molar-refractivity contribution in [3.8, 4) is 0 Å². The molecule has 0 radical (unpaired) electrons. The van der Waals surface area contributed by atoms with E-state index in [2.05, 4.69) is 14.9 Å². The average molecular weight is 249 g/mol. The van der Waals surface area contributed by atoms with Crippen LogP contribution in [0, 0.1) is 0 Å². The van der Waals surface area contributed by atoms with Gasteiger partial charge in [-0.3, -0.25) is 4.79 Å². The molecule has 0 aliphatic carbocycles. The number of cyclic esters (lactones) is 1. The van der Waals surface area contributed by atoms with Crippen molar-refractivity contribution in [1.29, 1.82) is 0 Å². The van der Waals surface area contributed by atoms with E-state index >= 15 is 0 Å².